The number of rotatable bonds is 6. The number of hydrogen-bond acceptors (Lipinski definition) is 7. The van der Waals surface area contributed by atoms with E-state index in [0.29, 0.717) is 30.0 Å². The zero-order valence-electron chi connectivity index (χ0n) is 20.5. The molecule has 35 heavy (non-hydrogen) atoms. The molecule has 1 N–H and O–H groups in total. The van der Waals surface area contributed by atoms with E-state index in [0.717, 1.165) is 48.8 Å². The highest BCUT2D eigenvalue weighted by molar-refractivity contribution is 5.94. The van der Waals surface area contributed by atoms with Crippen molar-refractivity contribution < 1.29 is 9.53 Å². The van der Waals surface area contributed by atoms with E-state index in [4.69, 9.17) is 9.72 Å². The molecule has 6 rings (SSSR count). The summed E-state index contributed by atoms with van der Waals surface area (Å²) >= 11 is 0. The summed E-state index contributed by atoms with van der Waals surface area (Å²) in [5.41, 5.74) is 4.64. The lowest BCUT2D eigenvalue weighted by Crippen LogP contribution is -2.46. The molecule has 0 unspecified atom stereocenters. The van der Waals surface area contributed by atoms with Gasteiger partial charge in [0, 0.05) is 68.4 Å². The molecule has 1 saturated carbocycles. The summed E-state index contributed by atoms with van der Waals surface area (Å²) in [7, 11) is 3.82. The van der Waals surface area contributed by atoms with Crippen LogP contribution in [0.4, 0.5) is 5.95 Å². The summed E-state index contributed by atoms with van der Waals surface area (Å²) in [5, 5.41) is 7.52. The molecule has 10 nitrogen and oxygen atoms in total. The van der Waals surface area contributed by atoms with Crippen LogP contribution >= 0.6 is 0 Å². The van der Waals surface area contributed by atoms with Crippen LogP contribution in [-0.2, 0) is 24.8 Å². The predicted molar refractivity (Wildman–Crippen MR) is 129 cm³/mol. The van der Waals surface area contributed by atoms with Crippen molar-refractivity contribution in [3.05, 3.63) is 53.1 Å². The van der Waals surface area contributed by atoms with Crippen LogP contribution < -0.4 is 10.2 Å². The van der Waals surface area contributed by atoms with E-state index < -0.39 is 0 Å². The summed E-state index contributed by atoms with van der Waals surface area (Å²) < 4.78 is 9.53. The Hall–Kier alpha value is -3.27. The van der Waals surface area contributed by atoms with Crippen LogP contribution in [0.2, 0.25) is 0 Å². The quantitative estimate of drug-likeness (QED) is 0.581. The average molecular weight is 477 g/mol. The summed E-state index contributed by atoms with van der Waals surface area (Å²) in [6.45, 7) is 4.43. The van der Waals surface area contributed by atoms with Crippen molar-refractivity contribution in [3.8, 4) is 0 Å². The molecule has 184 valence electrons. The standard InChI is InChI=1S/C25H32N8O2/c1-15-18(8-26-25(29-15)32-10-16-4-5-17(11-32)23(16)35-3)12-33-13-19(9-28-33)24(34)30-20-6-7-21-22(20)27-14-31(21)2/h8-9,13-14,16-17,20,23H,4-7,10-12H2,1-3H3,(H,30,34)/t16-,17+,20-,23+/m1/s1. The second kappa shape index (κ2) is 8.75. The molecule has 4 atom stereocenters. The molecule has 0 aromatic carbocycles. The number of nitrogens with one attached hydrogen (secondary N) is 1. The van der Waals surface area contributed by atoms with Crippen molar-refractivity contribution >= 4 is 11.9 Å². The predicted octanol–water partition coefficient (Wildman–Crippen LogP) is 2.04. The highest BCUT2D eigenvalue weighted by atomic mass is 16.5. The van der Waals surface area contributed by atoms with Gasteiger partial charge in [-0.25, -0.2) is 15.0 Å². The van der Waals surface area contributed by atoms with Gasteiger partial charge in [-0.1, -0.05) is 0 Å². The monoisotopic (exact) mass is 476 g/mol. The topological polar surface area (TPSA) is 103 Å². The van der Waals surface area contributed by atoms with Crippen molar-refractivity contribution in [2.75, 3.05) is 25.1 Å². The second-order valence-electron chi connectivity index (χ2n) is 10.2. The first-order valence-electron chi connectivity index (χ1n) is 12.4. The van der Waals surface area contributed by atoms with Gasteiger partial charge in [0.1, 0.15) is 0 Å². The minimum Gasteiger partial charge on any atom is -0.381 e. The summed E-state index contributed by atoms with van der Waals surface area (Å²) in [6, 6.07) is -0.0468. The van der Waals surface area contributed by atoms with Crippen LogP contribution in [0.25, 0.3) is 0 Å². The number of carbonyl (C=O) groups is 1. The van der Waals surface area contributed by atoms with Crippen molar-refractivity contribution in [1.82, 2.24) is 34.6 Å². The number of ether oxygens (including phenoxy) is 1. The summed E-state index contributed by atoms with van der Waals surface area (Å²) in [5.74, 6) is 1.79. The largest absolute Gasteiger partial charge is 0.381 e. The van der Waals surface area contributed by atoms with E-state index >= 15 is 0 Å². The van der Waals surface area contributed by atoms with Crippen LogP contribution in [-0.4, -0.2) is 61.5 Å². The highest BCUT2D eigenvalue weighted by Gasteiger charge is 2.42. The molecule has 0 radical (unpaired) electrons. The van der Waals surface area contributed by atoms with Crippen LogP contribution in [0.1, 0.15) is 58.3 Å². The first-order chi connectivity index (χ1) is 17.0. The van der Waals surface area contributed by atoms with Crippen molar-refractivity contribution in [3.63, 3.8) is 0 Å². The van der Waals surface area contributed by atoms with Crippen LogP contribution in [0.5, 0.6) is 0 Å². The number of amides is 1. The highest BCUT2D eigenvalue weighted by Crippen LogP contribution is 2.39. The van der Waals surface area contributed by atoms with E-state index in [1.54, 1.807) is 17.1 Å². The maximum atomic E-state index is 12.8. The third-order valence-electron chi connectivity index (χ3n) is 7.99. The minimum atomic E-state index is -0.128. The first-order valence-corrected chi connectivity index (χ1v) is 12.4. The Morgan fingerprint density at radius 3 is 2.71 bits per heavy atom. The number of piperidine rings is 1. The molecule has 2 fully saturated rings. The van der Waals surface area contributed by atoms with E-state index in [1.807, 2.05) is 38.2 Å². The van der Waals surface area contributed by atoms with Crippen molar-refractivity contribution in [2.24, 2.45) is 18.9 Å². The Morgan fingerprint density at radius 2 is 1.97 bits per heavy atom. The number of fused-ring (bicyclic) bond motifs is 3. The Morgan fingerprint density at radius 1 is 1.17 bits per heavy atom. The van der Waals surface area contributed by atoms with E-state index in [9.17, 15) is 4.79 Å². The number of anilines is 1. The smallest absolute Gasteiger partial charge is 0.255 e. The zero-order chi connectivity index (χ0) is 24.1. The number of imidazole rings is 1. The van der Waals surface area contributed by atoms with Gasteiger partial charge in [-0.05, 0) is 32.6 Å². The fraction of sp³-hybridized carbons (Fsp3) is 0.560. The van der Waals surface area contributed by atoms with Crippen molar-refractivity contribution in [1.29, 1.82) is 0 Å². The molecular weight excluding hydrogens is 444 g/mol. The lowest BCUT2D eigenvalue weighted by Gasteiger charge is -2.37. The Bertz CT molecular complexity index is 1240. The SMILES string of the molecule is CO[C@H]1[C@@H]2CC[C@H]1CN(c1ncc(Cn3cc(C(=O)N[C@@H]4CCc5c4ncn5C)cn3)c(C)n1)C2. The van der Waals surface area contributed by atoms with Crippen LogP contribution in [0.3, 0.4) is 0 Å². The third-order valence-corrected chi connectivity index (χ3v) is 7.99. The van der Waals surface area contributed by atoms with Crippen molar-refractivity contribution in [2.45, 2.75) is 51.3 Å². The van der Waals surface area contributed by atoms with Gasteiger partial charge in [0.25, 0.3) is 5.91 Å². The fourth-order valence-corrected chi connectivity index (χ4v) is 6.12. The van der Waals surface area contributed by atoms with Gasteiger partial charge in [-0.2, -0.15) is 5.10 Å². The van der Waals surface area contributed by atoms with Gasteiger partial charge in [-0.3, -0.25) is 9.48 Å². The van der Waals surface area contributed by atoms with Gasteiger partial charge >= 0.3 is 0 Å². The Kier molecular flexibility index (Phi) is 5.55. The van der Waals surface area contributed by atoms with Gasteiger partial charge in [0.2, 0.25) is 5.95 Å². The maximum Gasteiger partial charge on any atom is 0.255 e. The fourth-order valence-electron chi connectivity index (χ4n) is 6.12. The second-order valence-corrected chi connectivity index (χ2v) is 10.2. The average Bonchev–Trinajstić information content (AvgIpc) is 3.61. The Labute approximate surface area is 204 Å². The lowest BCUT2D eigenvalue weighted by atomic mass is 9.95. The molecule has 3 aromatic heterocycles. The molecule has 1 amide bonds. The molecule has 10 heteroatoms. The molecule has 3 aromatic rings. The van der Waals surface area contributed by atoms with Gasteiger partial charge < -0.3 is 19.5 Å². The third kappa shape index (κ3) is 3.99. The molecule has 4 heterocycles. The molecule has 1 saturated heterocycles. The molecule has 2 bridgehead atoms. The van der Waals surface area contributed by atoms with Crippen LogP contribution in [0.15, 0.2) is 24.9 Å². The normalized spacial score (nSPS) is 25.2. The minimum absolute atomic E-state index is 0.0468. The summed E-state index contributed by atoms with van der Waals surface area (Å²) in [6.07, 6.45) is 11.7. The Balaban J connectivity index is 1.10. The molecule has 1 aliphatic heterocycles. The lowest BCUT2D eigenvalue weighted by molar-refractivity contribution is 0.0293. The molecule has 2 aliphatic carbocycles. The number of methoxy groups -OCH3 is 1. The van der Waals surface area contributed by atoms with Gasteiger partial charge in [0.15, 0.2) is 0 Å². The van der Waals surface area contributed by atoms with E-state index in [2.05, 4.69) is 25.3 Å². The van der Waals surface area contributed by atoms with Crippen LogP contribution in [0, 0.1) is 18.8 Å². The maximum absolute atomic E-state index is 12.8. The molecule has 3 aliphatic rings. The number of hydrogen-bond donors (Lipinski definition) is 1. The van der Waals surface area contributed by atoms with E-state index in [-0.39, 0.29) is 11.9 Å². The van der Waals surface area contributed by atoms with E-state index in [1.165, 1.54) is 18.5 Å². The number of aromatic nitrogens is 6. The van der Waals surface area contributed by atoms with Gasteiger partial charge in [-0.15, -0.1) is 0 Å². The first kappa shape index (κ1) is 22.2. The summed E-state index contributed by atoms with van der Waals surface area (Å²) in [4.78, 5) is 29.1. The zero-order valence-corrected chi connectivity index (χ0v) is 20.5. The molecule has 0 spiro atoms. The number of nitrogens with zero attached hydrogens (tertiary/aromatic N) is 7. The van der Waals surface area contributed by atoms with Gasteiger partial charge in [0.05, 0.1) is 42.5 Å². The number of aryl methyl sites for hydroxylation is 2. The number of carbonyl (C=O) groups excluding carboxylic acids is 1. The molecular formula is C25H32N8O2.